The molecule has 1 aliphatic carbocycles. The Morgan fingerprint density at radius 2 is 2.03 bits per heavy atom. The third kappa shape index (κ3) is 3.93. The van der Waals surface area contributed by atoms with Gasteiger partial charge in [-0.3, -0.25) is 9.69 Å². The van der Waals surface area contributed by atoms with Crippen molar-refractivity contribution in [1.29, 1.82) is 0 Å². The molecule has 1 saturated heterocycles. The van der Waals surface area contributed by atoms with Crippen molar-refractivity contribution in [2.75, 3.05) is 50.6 Å². The Labute approximate surface area is 188 Å². The number of benzene rings is 1. The SMILES string of the molecule is COC(=O)c1cn(C2CC2)c2c(OC)c(N3CCN(CCBr)C(C)C3)c(F)cc2c1=O. The fraction of sp³-hybridized carbons (Fsp3) is 0.545. The lowest BCUT2D eigenvalue weighted by molar-refractivity contribution is 0.0598. The lowest BCUT2D eigenvalue weighted by atomic mass is 10.1. The van der Waals surface area contributed by atoms with Gasteiger partial charge in [0, 0.05) is 49.8 Å². The molecule has 9 heteroatoms. The Balaban J connectivity index is 1.89. The lowest BCUT2D eigenvalue weighted by Gasteiger charge is -2.41. The van der Waals surface area contributed by atoms with E-state index < -0.39 is 17.2 Å². The van der Waals surface area contributed by atoms with Gasteiger partial charge in [0.2, 0.25) is 5.43 Å². The van der Waals surface area contributed by atoms with E-state index in [-0.39, 0.29) is 23.0 Å². The standard InChI is InChI=1S/C22H27BrFN3O4/c1-13-11-26(9-8-25(13)7-6-23)19-17(24)10-15-18(21(19)30-2)27(14-4-5-14)12-16(20(15)28)22(29)31-3/h10,12-14H,4-9,11H2,1-3H3. The first-order valence-corrected chi connectivity index (χ1v) is 11.6. The second kappa shape index (κ2) is 8.78. The molecule has 31 heavy (non-hydrogen) atoms. The Morgan fingerprint density at radius 1 is 1.29 bits per heavy atom. The zero-order valence-electron chi connectivity index (χ0n) is 18.0. The Kier molecular flexibility index (Phi) is 6.25. The average Bonchev–Trinajstić information content (AvgIpc) is 3.60. The highest BCUT2D eigenvalue weighted by Crippen LogP contribution is 2.44. The quantitative estimate of drug-likeness (QED) is 0.453. The Hall–Kier alpha value is -2.13. The predicted octanol–water partition coefficient (Wildman–Crippen LogP) is 3.18. The zero-order valence-corrected chi connectivity index (χ0v) is 19.6. The van der Waals surface area contributed by atoms with E-state index in [4.69, 9.17) is 9.47 Å². The number of alkyl halides is 1. The van der Waals surface area contributed by atoms with Crippen molar-refractivity contribution in [2.45, 2.75) is 31.8 Å². The summed E-state index contributed by atoms with van der Waals surface area (Å²) in [6, 6.07) is 1.64. The number of piperazine rings is 1. The van der Waals surface area contributed by atoms with Crippen molar-refractivity contribution in [1.82, 2.24) is 9.47 Å². The van der Waals surface area contributed by atoms with Crippen molar-refractivity contribution in [3.05, 3.63) is 33.9 Å². The Bertz CT molecular complexity index is 1070. The highest BCUT2D eigenvalue weighted by Gasteiger charge is 2.33. The number of ether oxygens (including phenoxy) is 2. The summed E-state index contributed by atoms with van der Waals surface area (Å²) in [5, 5.41) is 1.03. The smallest absolute Gasteiger partial charge is 0.343 e. The molecular formula is C22H27BrFN3O4. The van der Waals surface area contributed by atoms with Crippen molar-refractivity contribution in [3.8, 4) is 5.75 Å². The average molecular weight is 496 g/mol. The number of pyridine rings is 1. The summed E-state index contributed by atoms with van der Waals surface area (Å²) in [5.74, 6) is -0.898. The summed E-state index contributed by atoms with van der Waals surface area (Å²) in [5.41, 5.74) is 0.278. The van der Waals surface area contributed by atoms with E-state index in [9.17, 15) is 9.59 Å². The molecule has 168 valence electrons. The lowest BCUT2D eigenvalue weighted by Crippen LogP contribution is -2.52. The van der Waals surface area contributed by atoms with E-state index in [1.54, 1.807) is 0 Å². The minimum Gasteiger partial charge on any atom is -0.492 e. The van der Waals surface area contributed by atoms with Gasteiger partial charge >= 0.3 is 5.97 Å². The monoisotopic (exact) mass is 495 g/mol. The van der Waals surface area contributed by atoms with Gasteiger partial charge in [-0.25, -0.2) is 9.18 Å². The van der Waals surface area contributed by atoms with Gasteiger partial charge in [-0.1, -0.05) is 15.9 Å². The normalized spacial score (nSPS) is 19.6. The summed E-state index contributed by atoms with van der Waals surface area (Å²) in [7, 11) is 2.73. The predicted molar refractivity (Wildman–Crippen MR) is 121 cm³/mol. The minimum absolute atomic E-state index is 0.0897. The van der Waals surface area contributed by atoms with Gasteiger partial charge in [0.05, 0.1) is 25.1 Å². The molecule has 0 N–H and O–H groups in total. The molecule has 4 rings (SSSR count). The molecule has 1 aliphatic heterocycles. The molecular weight excluding hydrogens is 469 g/mol. The van der Waals surface area contributed by atoms with Crippen LogP contribution in [-0.2, 0) is 4.74 Å². The molecule has 1 atom stereocenters. The number of carbonyl (C=O) groups is 1. The Morgan fingerprint density at radius 3 is 2.61 bits per heavy atom. The second-order valence-electron chi connectivity index (χ2n) is 8.16. The number of methoxy groups -OCH3 is 2. The van der Waals surface area contributed by atoms with Crippen molar-refractivity contribution < 1.29 is 18.7 Å². The highest BCUT2D eigenvalue weighted by molar-refractivity contribution is 9.09. The minimum atomic E-state index is -0.721. The molecule has 0 bridgehead atoms. The van der Waals surface area contributed by atoms with E-state index >= 15 is 4.39 Å². The number of nitrogens with zero attached hydrogens (tertiary/aromatic N) is 3. The number of aromatic nitrogens is 1. The molecule has 0 amide bonds. The van der Waals surface area contributed by atoms with Crippen LogP contribution in [0, 0.1) is 5.82 Å². The summed E-state index contributed by atoms with van der Waals surface area (Å²) in [4.78, 5) is 29.6. The summed E-state index contributed by atoms with van der Waals surface area (Å²) < 4.78 is 27.8. The van der Waals surface area contributed by atoms with E-state index in [1.165, 1.54) is 26.5 Å². The molecule has 2 heterocycles. The number of halogens is 2. The van der Waals surface area contributed by atoms with Crippen LogP contribution in [0.4, 0.5) is 10.1 Å². The summed E-state index contributed by atoms with van der Waals surface area (Å²) >= 11 is 3.49. The fourth-order valence-electron chi connectivity index (χ4n) is 4.47. The first kappa shape index (κ1) is 22.1. The first-order valence-electron chi connectivity index (χ1n) is 10.5. The number of fused-ring (bicyclic) bond motifs is 1. The molecule has 2 aromatic rings. The van der Waals surface area contributed by atoms with Gasteiger partial charge in [-0.05, 0) is 25.8 Å². The van der Waals surface area contributed by atoms with E-state index in [2.05, 4.69) is 27.8 Å². The first-order chi connectivity index (χ1) is 14.9. The van der Waals surface area contributed by atoms with Gasteiger partial charge in [0.1, 0.15) is 11.3 Å². The van der Waals surface area contributed by atoms with Crippen LogP contribution in [0.25, 0.3) is 10.9 Å². The molecule has 2 fully saturated rings. The van der Waals surface area contributed by atoms with Gasteiger partial charge in [-0.2, -0.15) is 0 Å². The van der Waals surface area contributed by atoms with Crippen molar-refractivity contribution in [3.63, 3.8) is 0 Å². The van der Waals surface area contributed by atoms with Gasteiger partial charge in [0.15, 0.2) is 11.6 Å². The molecule has 0 spiro atoms. The van der Waals surface area contributed by atoms with Crippen LogP contribution in [0.3, 0.4) is 0 Å². The maximum absolute atomic E-state index is 15.5. The third-order valence-corrected chi connectivity index (χ3v) is 6.56. The van der Waals surface area contributed by atoms with Gasteiger partial charge in [0.25, 0.3) is 0 Å². The molecule has 2 aliphatic rings. The molecule has 1 saturated carbocycles. The molecule has 1 aromatic heterocycles. The molecule has 1 unspecified atom stereocenters. The summed E-state index contributed by atoms with van der Waals surface area (Å²) in [6.45, 7) is 5.18. The van der Waals surface area contributed by atoms with Crippen LogP contribution >= 0.6 is 15.9 Å². The van der Waals surface area contributed by atoms with Gasteiger partial charge in [-0.15, -0.1) is 0 Å². The fourth-order valence-corrected chi connectivity index (χ4v) is 4.92. The van der Waals surface area contributed by atoms with Crippen LogP contribution < -0.4 is 15.1 Å². The number of hydrogen-bond acceptors (Lipinski definition) is 6. The maximum atomic E-state index is 15.5. The van der Waals surface area contributed by atoms with Gasteiger partial charge < -0.3 is 18.9 Å². The van der Waals surface area contributed by atoms with Crippen molar-refractivity contribution >= 4 is 38.5 Å². The maximum Gasteiger partial charge on any atom is 0.343 e. The molecule has 0 radical (unpaired) electrons. The van der Waals surface area contributed by atoms with Crippen LogP contribution in [0.15, 0.2) is 17.1 Å². The zero-order chi connectivity index (χ0) is 22.3. The number of rotatable bonds is 6. The number of esters is 1. The number of anilines is 1. The highest BCUT2D eigenvalue weighted by atomic mass is 79.9. The second-order valence-corrected chi connectivity index (χ2v) is 8.95. The number of carbonyl (C=O) groups excluding carboxylic acids is 1. The molecule has 7 nitrogen and oxygen atoms in total. The van der Waals surface area contributed by atoms with Crippen LogP contribution in [0.2, 0.25) is 0 Å². The largest absolute Gasteiger partial charge is 0.492 e. The van der Waals surface area contributed by atoms with E-state index in [0.717, 1.165) is 31.3 Å². The van der Waals surface area contributed by atoms with E-state index in [0.29, 0.717) is 30.0 Å². The van der Waals surface area contributed by atoms with Crippen molar-refractivity contribution in [2.24, 2.45) is 0 Å². The topological polar surface area (TPSA) is 64.0 Å². The number of hydrogen-bond donors (Lipinski definition) is 0. The van der Waals surface area contributed by atoms with Crippen LogP contribution in [0.1, 0.15) is 36.2 Å². The molecule has 1 aromatic carbocycles. The van der Waals surface area contributed by atoms with E-state index in [1.807, 2.05) is 9.47 Å². The van der Waals surface area contributed by atoms with Crippen LogP contribution in [-0.4, -0.2) is 67.2 Å². The van der Waals surface area contributed by atoms with Crippen LogP contribution in [0.5, 0.6) is 5.75 Å². The summed E-state index contributed by atoms with van der Waals surface area (Å²) in [6.07, 6.45) is 3.39. The third-order valence-electron chi connectivity index (χ3n) is 6.20.